The molecule has 21 heavy (non-hydrogen) atoms. The van der Waals surface area contributed by atoms with Gasteiger partial charge in [0, 0.05) is 29.2 Å². The predicted molar refractivity (Wildman–Crippen MR) is 84.3 cm³/mol. The van der Waals surface area contributed by atoms with Gasteiger partial charge in [-0.3, -0.25) is 15.1 Å². The van der Waals surface area contributed by atoms with Crippen LogP contribution in [-0.4, -0.2) is 43.3 Å². The van der Waals surface area contributed by atoms with Gasteiger partial charge in [-0.2, -0.15) is 0 Å². The molecule has 3 N–H and O–H groups in total. The molecular weight excluding hydrogens is 358 g/mol. The highest BCUT2D eigenvalue weighted by molar-refractivity contribution is 9.10. The minimum atomic E-state index is -2.91. The van der Waals surface area contributed by atoms with Gasteiger partial charge in [-0.1, -0.05) is 22.0 Å². The second-order valence-electron chi connectivity index (χ2n) is 5.21. The van der Waals surface area contributed by atoms with Gasteiger partial charge in [-0.15, -0.1) is 0 Å². The smallest absolute Gasteiger partial charge is 0.265 e. The molecule has 1 aromatic carbocycles. The zero-order valence-electron chi connectivity index (χ0n) is 11.7. The molecular formula is C13H18BrN3O3S. The molecule has 1 atom stereocenters. The molecule has 1 fully saturated rings. The Morgan fingerprint density at radius 2 is 2.24 bits per heavy atom. The zero-order valence-corrected chi connectivity index (χ0v) is 14.1. The van der Waals surface area contributed by atoms with Crippen LogP contribution in [0.3, 0.4) is 0 Å². The molecule has 6 nitrogen and oxygen atoms in total. The van der Waals surface area contributed by atoms with Gasteiger partial charge in [0.1, 0.15) is 0 Å². The summed E-state index contributed by atoms with van der Waals surface area (Å²) in [7, 11) is -2.91. The lowest BCUT2D eigenvalue weighted by molar-refractivity contribution is 0.0953. The number of hydrazine groups is 1. The Morgan fingerprint density at radius 3 is 2.81 bits per heavy atom. The molecule has 0 spiro atoms. The highest BCUT2D eigenvalue weighted by Gasteiger charge is 2.28. The SMILES string of the molecule is CC1CS(=O)(=O)CCN1Cc1ccc(C(=O)NN)cc1Br. The lowest BCUT2D eigenvalue weighted by atomic mass is 10.1. The third-order valence-electron chi connectivity index (χ3n) is 3.63. The molecule has 116 valence electrons. The summed E-state index contributed by atoms with van der Waals surface area (Å²) >= 11 is 3.45. The fraction of sp³-hybridized carbons (Fsp3) is 0.462. The summed E-state index contributed by atoms with van der Waals surface area (Å²) in [5, 5.41) is 0. The van der Waals surface area contributed by atoms with Crippen LogP contribution in [0.2, 0.25) is 0 Å². The Morgan fingerprint density at radius 1 is 1.52 bits per heavy atom. The van der Waals surface area contributed by atoms with Gasteiger partial charge in [-0.05, 0) is 24.6 Å². The van der Waals surface area contributed by atoms with Crippen molar-refractivity contribution in [1.82, 2.24) is 10.3 Å². The molecule has 1 heterocycles. The minimum Gasteiger partial charge on any atom is -0.294 e. The van der Waals surface area contributed by atoms with E-state index in [2.05, 4.69) is 26.3 Å². The highest BCUT2D eigenvalue weighted by atomic mass is 79.9. The van der Waals surface area contributed by atoms with Crippen molar-refractivity contribution in [2.45, 2.75) is 19.5 Å². The summed E-state index contributed by atoms with van der Waals surface area (Å²) in [5.41, 5.74) is 3.57. The number of amides is 1. The number of hydrogen-bond donors (Lipinski definition) is 2. The van der Waals surface area contributed by atoms with Crippen LogP contribution in [0.4, 0.5) is 0 Å². The van der Waals surface area contributed by atoms with Gasteiger partial charge in [0.05, 0.1) is 11.5 Å². The van der Waals surface area contributed by atoms with Crippen LogP contribution in [0.5, 0.6) is 0 Å². The number of carbonyl (C=O) groups is 1. The van der Waals surface area contributed by atoms with Crippen LogP contribution in [0, 0.1) is 0 Å². The van der Waals surface area contributed by atoms with Crippen molar-refractivity contribution in [3.63, 3.8) is 0 Å². The molecule has 8 heteroatoms. The fourth-order valence-electron chi connectivity index (χ4n) is 2.39. The first kappa shape index (κ1) is 16.4. The van der Waals surface area contributed by atoms with Gasteiger partial charge < -0.3 is 0 Å². The van der Waals surface area contributed by atoms with E-state index in [1.807, 2.05) is 13.0 Å². The van der Waals surface area contributed by atoms with E-state index < -0.39 is 9.84 Å². The molecule has 0 aliphatic carbocycles. The fourth-order valence-corrected chi connectivity index (χ4v) is 4.52. The maximum atomic E-state index is 11.6. The molecule has 1 aromatic rings. The first-order valence-electron chi connectivity index (χ1n) is 6.56. The number of nitrogens with one attached hydrogen (secondary N) is 1. The Balaban J connectivity index is 2.12. The quantitative estimate of drug-likeness (QED) is 0.460. The van der Waals surface area contributed by atoms with Crippen molar-refractivity contribution in [2.24, 2.45) is 5.84 Å². The van der Waals surface area contributed by atoms with Crippen molar-refractivity contribution in [3.05, 3.63) is 33.8 Å². The molecule has 0 bridgehead atoms. The first-order chi connectivity index (χ1) is 9.82. The van der Waals surface area contributed by atoms with E-state index in [0.717, 1.165) is 10.0 Å². The van der Waals surface area contributed by atoms with Gasteiger partial charge >= 0.3 is 0 Å². The van der Waals surface area contributed by atoms with E-state index in [1.54, 1.807) is 12.1 Å². The standard InChI is InChI=1S/C13H18BrN3O3S/c1-9-8-21(19,20)5-4-17(9)7-11-3-2-10(6-12(11)14)13(18)16-15/h2-3,6,9H,4-5,7-8,15H2,1H3,(H,16,18). The predicted octanol–water partition coefficient (Wildman–Crippen LogP) is 0.671. The number of nitrogens with zero attached hydrogens (tertiary/aromatic N) is 1. The molecule has 1 aliphatic rings. The number of carbonyl (C=O) groups excluding carboxylic acids is 1. The Kier molecular flexibility index (Phi) is 5.03. The summed E-state index contributed by atoms with van der Waals surface area (Å²) in [5.74, 6) is 5.15. The van der Waals surface area contributed by atoms with Crippen molar-refractivity contribution >= 4 is 31.7 Å². The van der Waals surface area contributed by atoms with Crippen LogP contribution in [0.15, 0.2) is 22.7 Å². The average Bonchev–Trinajstić information content (AvgIpc) is 2.42. The number of nitrogen functional groups attached to an aromatic ring is 1. The van der Waals surface area contributed by atoms with Gasteiger partial charge in [0.15, 0.2) is 9.84 Å². The number of halogens is 1. The van der Waals surface area contributed by atoms with E-state index in [-0.39, 0.29) is 23.5 Å². The van der Waals surface area contributed by atoms with Crippen molar-refractivity contribution in [2.75, 3.05) is 18.1 Å². The van der Waals surface area contributed by atoms with Gasteiger partial charge in [-0.25, -0.2) is 14.3 Å². The zero-order chi connectivity index (χ0) is 15.6. The second kappa shape index (κ2) is 6.43. The van der Waals surface area contributed by atoms with E-state index in [0.29, 0.717) is 18.7 Å². The van der Waals surface area contributed by atoms with Crippen molar-refractivity contribution < 1.29 is 13.2 Å². The molecule has 1 saturated heterocycles. The molecule has 0 aromatic heterocycles. The monoisotopic (exact) mass is 375 g/mol. The lowest BCUT2D eigenvalue weighted by Crippen LogP contribution is -2.46. The third kappa shape index (κ3) is 4.03. The minimum absolute atomic E-state index is 0.0114. The van der Waals surface area contributed by atoms with E-state index in [9.17, 15) is 13.2 Å². The molecule has 1 aliphatic heterocycles. The molecule has 1 amide bonds. The lowest BCUT2D eigenvalue weighted by Gasteiger charge is -2.33. The largest absolute Gasteiger partial charge is 0.294 e. The normalized spacial score (nSPS) is 22.0. The molecule has 2 rings (SSSR count). The second-order valence-corrected chi connectivity index (χ2v) is 8.30. The van der Waals surface area contributed by atoms with E-state index in [1.165, 1.54) is 0 Å². The molecule has 0 saturated carbocycles. The van der Waals surface area contributed by atoms with Crippen LogP contribution < -0.4 is 11.3 Å². The van der Waals surface area contributed by atoms with E-state index >= 15 is 0 Å². The number of hydrogen-bond acceptors (Lipinski definition) is 5. The van der Waals surface area contributed by atoms with Gasteiger partial charge in [0.25, 0.3) is 5.91 Å². The summed E-state index contributed by atoms with van der Waals surface area (Å²) in [4.78, 5) is 13.6. The topological polar surface area (TPSA) is 92.5 Å². The number of benzene rings is 1. The Bertz CT molecular complexity index is 648. The average molecular weight is 376 g/mol. The van der Waals surface area contributed by atoms with E-state index in [4.69, 9.17) is 5.84 Å². The maximum Gasteiger partial charge on any atom is 0.265 e. The molecule has 0 radical (unpaired) electrons. The third-order valence-corrected chi connectivity index (χ3v) is 6.16. The van der Waals surface area contributed by atoms with Crippen LogP contribution in [0.25, 0.3) is 0 Å². The number of sulfone groups is 1. The summed E-state index contributed by atoms with van der Waals surface area (Å²) in [6.45, 7) is 3.09. The molecule has 1 unspecified atom stereocenters. The van der Waals surface area contributed by atoms with Crippen LogP contribution in [-0.2, 0) is 16.4 Å². The van der Waals surface area contributed by atoms with Crippen LogP contribution in [0.1, 0.15) is 22.8 Å². The summed E-state index contributed by atoms with van der Waals surface area (Å²) in [6.07, 6.45) is 0. The summed E-state index contributed by atoms with van der Waals surface area (Å²) < 4.78 is 24.0. The van der Waals surface area contributed by atoms with Crippen molar-refractivity contribution in [1.29, 1.82) is 0 Å². The summed E-state index contributed by atoms with van der Waals surface area (Å²) in [6, 6.07) is 5.25. The number of nitrogens with two attached hydrogens (primary N) is 1. The Labute approximate surface area is 132 Å². The van der Waals surface area contributed by atoms with Crippen molar-refractivity contribution in [3.8, 4) is 0 Å². The first-order valence-corrected chi connectivity index (χ1v) is 9.17. The number of rotatable bonds is 3. The highest BCUT2D eigenvalue weighted by Crippen LogP contribution is 2.23. The van der Waals surface area contributed by atoms with Gasteiger partial charge in [0.2, 0.25) is 0 Å². The van der Waals surface area contributed by atoms with Crippen LogP contribution >= 0.6 is 15.9 Å². The maximum absolute atomic E-state index is 11.6. The Hall–Kier alpha value is -0.960.